The molecule has 0 saturated heterocycles. The minimum atomic E-state index is -0.431. The van der Waals surface area contributed by atoms with Crippen LogP contribution in [0.5, 0.6) is 0 Å². The van der Waals surface area contributed by atoms with Gasteiger partial charge in [0.2, 0.25) is 0 Å². The Hall–Kier alpha value is -0.950. The Bertz CT molecular complexity index is 442. The van der Waals surface area contributed by atoms with Crippen molar-refractivity contribution in [2.75, 3.05) is 52.9 Å². The zero-order valence-electron chi connectivity index (χ0n) is 16.4. The fraction of sp³-hybridized carbons (Fsp3) is 0.857. The molecule has 0 unspecified atom stereocenters. The van der Waals surface area contributed by atoms with Crippen molar-refractivity contribution in [1.29, 1.82) is 0 Å². The fourth-order valence-electron chi connectivity index (χ4n) is 5.33. The van der Waals surface area contributed by atoms with Gasteiger partial charge in [-0.15, -0.1) is 0 Å². The third-order valence-corrected chi connectivity index (χ3v) is 6.00. The highest BCUT2D eigenvalue weighted by Crippen LogP contribution is 2.57. The number of esters is 1. The van der Waals surface area contributed by atoms with Gasteiger partial charge >= 0.3 is 5.97 Å². The lowest BCUT2D eigenvalue weighted by Gasteiger charge is -2.56. The van der Waals surface area contributed by atoms with Crippen molar-refractivity contribution in [2.45, 2.75) is 44.1 Å². The lowest BCUT2D eigenvalue weighted by Crippen LogP contribution is -2.52. The number of carbonyl (C=O) groups is 1. The standard InChI is InChI=1S/C21H34O6/c1-2-20(22)26-9-7-24-5-3-23-4-6-25-8-10-27-21-14-17-11-18(15-21)13-19(12-17)16-21/h2,17-19H,1,3-16H2. The predicted molar refractivity (Wildman–Crippen MR) is 100 cm³/mol. The van der Waals surface area contributed by atoms with Crippen LogP contribution < -0.4 is 0 Å². The highest BCUT2D eigenvalue weighted by molar-refractivity contribution is 5.81. The number of hydrogen-bond donors (Lipinski definition) is 0. The molecule has 0 atom stereocenters. The van der Waals surface area contributed by atoms with Crippen molar-refractivity contribution < 1.29 is 28.5 Å². The van der Waals surface area contributed by atoms with Crippen LogP contribution in [0.4, 0.5) is 0 Å². The second-order valence-electron chi connectivity index (χ2n) is 8.16. The van der Waals surface area contributed by atoms with E-state index in [1.165, 1.54) is 38.5 Å². The van der Waals surface area contributed by atoms with E-state index < -0.39 is 5.97 Å². The molecule has 0 aliphatic heterocycles. The van der Waals surface area contributed by atoms with Crippen LogP contribution in [-0.2, 0) is 28.5 Å². The summed E-state index contributed by atoms with van der Waals surface area (Å²) in [6.07, 6.45) is 9.29. The molecule has 6 heteroatoms. The maximum atomic E-state index is 10.8. The van der Waals surface area contributed by atoms with Crippen molar-refractivity contribution in [3.05, 3.63) is 12.7 Å². The zero-order chi connectivity index (χ0) is 19.0. The summed E-state index contributed by atoms with van der Waals surface area (Å²) in [6, 6.07) is 0. The quantitative estimate of drug-likeness (QED) is 0.262. The molecule has 154 valence electrons. The van der Waals surface area contributed by atoms with Gasteiger partial charge in [0.15, 0.2) is 0 Å². The molecule has 4 saturated carbocycles. The van der Waals surface area contributed by atoms with Gasteiger partial charge in [0.25, 0.3) is 0 Å². The SMILES string of the molecule is C=CC(=O)OCCOCCOCCOCCOC12CC3CC(CC(C3)C1)C2. The van der Waals surface area contributed by atoms with E-state index in [-0.39, 0.29) is 12.2 Å². The van der Waals surface area contributed by atoms with Crippen molar-refractivity contribution in [1.82, 2.24) is 0 Å². The third kappa shape index (κ3) is 6.56. The fourth-order valence-corrected chi connectivity index (χ4v) is 5.33. The Morgan fingerprint density at radius 3 is 1.70 bits per heavy atom. The van der Waals surface area contributed by atoms with E-state index in [9.17, 15) is 4.79 Å². The maximum Gasteiger partial charge on any atom is 0.330 e. The maximum absolute atomic E-state index is 10.8. The molecule has 6 nitrogen and oxygen atoms in total. The van der Waals surface area contributed by atoms with Crippen LogP contribution >= 0.6 is 0 Å². The average molecular weight is 382 g/mol. The molecule has 0 aromatic carbocycles. The lowest BCUT2D eigenvalue weighted by atomic mass is 9.54. The average Bonchev–Trinajstić information content (AvgIpc) is 2.64. The van der Waals surface area contributed by atoms with Crippen LogP contribution in [0.3, 0.4) is 0 Å². The molecular weight excluding hydrogens is 348 g/mol. The molecule has 4 aliphatic carbocycles. The van der Waals surface area contributed by atoms with Gasteiger partial charge in [-0.05, 0) is 56.3 Å². The number of hydrogen-bond acceptors (Lipinski definition) is 6. The first kappa shape index (κ1) is 20.8. The van der Waals surface area contributed by atoms with Crippen LogP contribution in [0.1, 0.15) is 38.5 Å². The molecule has 0 aromatic rings. The van der Waals surface area contributed by atoms with Gasteiger partial charge in [-0.1, -0.05) is 6.58 Å². The van der Waals surface area contributed by atoms with Gasteiger partial charge in [0.05, 0.1) is 51.8 Å². The smallest absolute Gasteiger partial charge is 0.330 e. The highest BCUT2D eigenvalue weighted by Gasteiger charge is 2.51. The van der Waals surface area contributed by atoms with E-state index in [1.54, 1.807) is 0 Å². The van der Waals surface area contributed by atoms with Crippen molar-refractivity contribution in [3.8, 4) is 0 Å². The summed E-state index contributed by atoms with van der Waals surface area (Å²) in [5.74, 6) is 2.32. The second kappa shape index (κ2) is 10.6. The summed E-state index contributed by atoms with van der Waals surface area (Å²) < 4.78 is 27.5. The van der Waals surface area contributed by atoms with Crippen LogP contribution in [-0.4, -0.2) is 64.4 Å². The molecule has 4 aliphatic rings. The zero-order valence-corrected chi connectivity index (χ0v) is 16.4. The van der Waals surface area contributed by atoms with Gasteiger partial charge in [0.1, 0.15) is 6.61 Å². The summed E-state index contributed by atoms with van der Waals surface area (Å²) in [5.41, 5.74) is 0.173. The Kier molecular flexibility index (Phi) is 8.12. The van der Waals surface area contributed by atoms with E-state index in [4.69, 9.17) is 23.7 Å². The van der Waals surface area contributed by atoms with Gasteiger partial charge in [0, 0.05) is 6.08 Å². The summed E-state index contributed by atoms with van der Waals surface area (Å²) in [6.45, 7) is 7.34. The van der Waals surface area contributed by atoms with Crippen LogP contribution in [0.2, 0.25) is 0 Å². The molecule has 0 radical (unpaired) electrons. The molecule has 27 heavy (non-hydrogen) atoms. The Morgan fingerprint density at radius 1 is 0.778 bits per heavy atom. The summed E-state index contributed by atoms with van der Waals surface area (Å²) in [5, 5.41) is 0. The van der Waals surface area contributed by atoms with E-state index in [1.807, 2.05) is 0 Å². The molecule has 0 amide bonds. The van der Waals surface area contributed by atoms with Gasteiger partial charge in [-0.3, -0.25) is 0 Å². The Labute approximate surface area is 162 Å². The predicted octanol–water partition coefficient (Wildman–Crippen LogP) is 2.75. The molecule has 0 spiro atoms. The van der Waals surface area contributed by atoms with Gasteiger partial charge in [-0.25, -0.2) is 4.79 Å². The molecule has 4 fully saturated rings. The minimum absolute atomic E-state index is 0.173. The van der Waals surface area contributed by atoms with E-state index in [0.717, 1.165) is 23.8 Å². The van der Waals surface area contributed by atoms with Gasteiger partial charge < -0.3 is 23.7 Å². The van der Waals surface area contributed by atoms with Crippen molar-refractivity contribution >= 4 is 5.97 Å². The molecule has 0 heterocycles. The molecule has 4 rings (SSSR count). The normalized spacial score (nSPS) is 31.2. The monoisotopic (exact) mass is 382 g/mol. The van der Waals surface area contributed by atoms with E-state index in [2.05, 4.69) is 6.58 Å². The first-order chi connectivity index (χ1) is 13.2. The second-order valence-corrected chi connectivity index (χ2v) is 8.16. The lowest BCUT2D eigenvalue weighted by molar-refractivity contribution is -0.169. The van der Waals surface area contributed by atoms with Crippen molar-refractivity contribution in [3.63, 3.8) is 0 Å². The van der Waals surface area contributed by atoms with Gasteiger partial charge in [-0.2, -0.15) is 0 Å². The first-order valence-corrected chi connectivity index (χ1v) is 10.4. The molecule has 0 aromatic heterocycles. The molecule has 4 bridgehead atoms. The number of ether oxygens (including phenoxy) is 5. The third-order valence-electron chi connectivity index (χ3n) is 6.00. The summed E-state index contributed by atoms with van der Waals surface area (Å²) >= 11 is 0. The summed E-state index contributed by atoms with van der Waals surface area (Å²) in [4.78, 5) is 10.8. The van der Waals surface area contributed by atoms with Crippen molar-refractivity contribution in [2.24, 2.45) is 17.8 Å². The van der Waals surface area contributed by atoms with Crippen LogP contribution in [0.25, 0.3) is 0 Å². The Balaban J connectivity index is 1.11. The van der Waals surface area contributed by atoms with Crippen LogP contribution in [0.15, 0.2) is 12.7 Å². The number of rotatable bonds is 14. The first-order valence-electron chi connectivity index (χ1n) is 10.4. The minimum Gasteiger partial charge on any atom is -0.460 e. The Morgan fingerprint density at radius 2 is 1.22 bits per heavy atom. The molecular formula is C21H34O6. The topological polar surface area (TPSA) is 63.2 Å². The van der Waals surface area contributed by atoms with E-state index >= 15 is 0 Å². The molecule has 0 N–H and O–H groups in total. The van der Waals surface area contributed by atoms with Crippen LogP contribution in [0, 0.1) is 17.8 Å². The largest absolute Gasteiger partial charge is 0.460 e. The number of carbonyl (C=O) groups excluding carboxylic acids is 1. The van der Waals surface area contributed by atoms with E-state index in [0.29, 0.717) is 46.2 Å². The highest BCUT2D eigenvalue weighted by atomic mass is 16.6. The summed E-state index contributed by atoms with van der Waals surface area (Å²) in [7, 11) is 0.